The third-order valence-electron chi connectivity index (χ3n) is 2.41. The number of nitrogens with one attached hydrogen (secondary N) is 1. The minimum absolute atomic E-state index is 0.185. The van der Waals surface area contributed by atoms with E-state index in [4.69, 9.17) is 4.42 Å². The highest BCUT2D eigenvalue weighted by Gasteiger charge is 2.13. The molecule has 1 N–H and O–H groups in total. The van der Waals surface area contributed by atoms with Crippen LogP contribution < -0.4 is 5.32 Å². The second-order valence-electron chi connectivity index (χ2n) is 3.88. The number of aryl methyl sites for hydroxylation is 3. The summed E-state index contributed by atoms with van der Waals surface area (Å²) in [5, 5.41) is 4.17. The average molecular weight is 237 g/mol. The van der Waals surface area contributed by atoms with E-state index in [-0.39, 0.29) is 6.04 Å². The molecule has 86 valence electrons. The maximum atomic E-state index is 5.51. The van der Waals surface area contributed by atoms with Gasteiger partial charge in [0.1, 0.15) is 17.3 Å². The zero-order valence-electron chi connectivity index (χ0n) is 9.87. The van der Waals surface area contributed by atoms with Gasteiger partial charge in [-0.2, -0.15) is 4.37 Å². The standard InChI is InChI=1S/C11H15N3OS/c1-6-5-10(8(3)15-6)7(2)12-11-13-9(4)14-16-11/h5,7H,1-4H3,(H,12,13,14). The molecule has 0 aliphatic rings. The molecule has 0 aromatic carbocycles. The van der Waals surface area contributed by atoms with E-state index in [1.807, 2.05) is 20.8 Å². The van der Waals surface area contributed by atoms with Crippen molar-refractivity contribution in [2.24, 2.45) is 0 Å². The molecule has 5 heteroatoms. The Labute approximate surface area is 98.9 Å². The highest BCUT2D eigenvalue weighted by atomic mass is 32.1. The van der Waals surface area contributed by atoms with Gasteiger partial charge in [0.25, 0.3) is 0 Å². The first-order chi connectivity index (χ1) is 7.56. The summed E-state index contributed by atoms with van der Waals surface area (Å²) in [6.07, 6.45) is 0. The van der Waals surface area contributed by atoms with Crippen molar-refractivity contribution >= 4 is 16.7 Å². The predicted molar refractivity (Wildman–Crippen MR) is 64.9 cm³/mol. The Bertz CT molecular complexity index is 489. The second-order valence-corrected chi connectivity index (χ2v) is 4.63. The van der Waals surface area contributed by atoms with E-state index in [1.54, 1.807) is 0 Å². The highest BCUT2D eigenvalue weighted by Crippen LogP contribution is 2.25. The fraction of sp³-hybridized carbons (Fsp3) is 0.455. The predicted octanol–water partition coefficient (Wildman–Crippen LogP) is 3.23. The van der Waals surface area contributed by atoms with Crippen LogP contribution in [0.25, 0.3) is 0 Å². The molecule has 0 amide bonds. The van der Waals surface area contributed by atoms with Crippen molar-refractivity contribution in [2.45, 2.75) is 33.7 Å². The first kappa shape index (κ1) is 11.1. The van der Waals surface area contributed by atoms with E-state index >= 15 is 0 Å². The summed E-state index contributed by atoms with van der Waals surface area (Å²) in [4.78, 5) is 4.28. The fourth-order valence-electron chi connectivity index (χ4n) is 1.70. The molecule has 2 heterocycles. The lowest BCUT2D eigenvalue weighted by Gasteiger charge is -2.10. The van der Waals surface area contributed by atoms with Gasteiger partial charge in [-0.3, -0.25) is 0 Å². The highest BCUT2D eigenvalue weighted by molar-refractivity contribution is 7.09. The number of hydrogen-bond donors (Lipinski definition) is 1. The number of aromatic nitrogens is 2. The first-order valence-electron chi connectivity index (χ1n) is 5.20. The van der Waals surface area contributed by atoms with Gasteiger partial charge in [0.2, 0.25) is 5.13 Å². The molecule has 0 aliphatic heterocycles. The molecule has 2 aromatic rings. The number of hydrogen-bond acceptors (Lipinski definition) is 5. The van der Waals surface area contributed by atoms with Gasteiger partial charge in [0.05, 0.1) is 6.04 Å². The Kier molecular flexibility index (Phi) is 2.96. The largest absolute Gasteiger partial charge is 0.466 e. The normalized spacial score (nSPS) is 12.8. The molecule has 0 saturated heterocycles. The van der Waals surface area contributed by atoms with Crippen LogP contribution in [0.5, 0.6) is 0 Å². The fourth-order valence-corrected chi connectivity index (χ4v) is 2.36. The van der Waals surface area contributed by atoms with E-state index < -0.39 is 0 Å². The second kappa shape index (κ2) is 4.25. The van der Waals surface area contributed by atoms with Crippen molar-refractivity contribution in [1.29, 1.82) is 0 Å². The molecule has 0 aliphatic carbocycles. The van der Waals surface area contributed by atoms with Crippen molar-refractivity contribution < 1.29 is 4.42 Å². The summed E-state index contributed by atoms with van der Waals surface area (Å²) < 4.78 is 9.64. The molecule has 1 unspecified atom stereocenters. The minimum atomic E-state index is 0.185. The summed E-state index contributed by atoms with van der Waals surface area (Å²) in [6.45, 7) is 7.91. The van der Waals surface area contributed by atoms with Gasteiger partial charge in [-0.05, 0) is 33.8 Å². The van der Waals surface area contributed by atoms with Crippen molar-refractivity contribution in [3.63, 3.8) is 0 Å². The number of anilines is 1. The van der Waals surface area contributed by atoms with Gasteiger partial charge >= 0.3 is 0 Å². The van der Waals surface area contributed by atoms with Crippen LogP contribution in [0, 0.1) is 20.8 Å². The maximum Gasteiger partial charge on any atom is 0.203 e. The lowest BCUT2D eigenvalue weighted by atomic mass is 10.1. The van der Waals surface area contributed by atoms with Gasteiger partial charge < -0.3 is 9.73 Å². The molecular weight excluding hydrogens is 222 g/mol. The minimum Gasteiger partial charge on any atom is -0.466 e. The molecule has 0 spiro atoms. The molecule has 4 nitrogen and oxygen atoms in total. The van der Waals surface area contributed by atoms with Crippen LogP contribution in [0.1, 0.15) is 35.9 Å². The molecular formula is C11H15N3OS. The summed E-state index contributed by atoms with van der Waals surface area (Å²) in [6, 6.07) is 2.24. The number of rotatable bonds is 3. The average Bonchev–Trinajstić information content (AvgIpc) is 2.73. The van der Waals surface area contributed by atoms with Crippen molar-refractivity contribution in [3.05, 3.63) is 29.0 Å². The quantitative estimate of drug-likeness (QED) is 0.890. The van der Waals surface area contributed by atoms with Crippen LogP contribution in [0.4, 0.5) is 5.13 Å². The van der Waals surface area contributed by atoms with Crippen molar-refractivity contribution in [3.8, 4) is 0 Å². The molecule has 0 radical (unpaired) electrons. The molecule has 0 bridgehead atoms. The number of furan rings is 1. The lowest BCUT2D eigenvalue weighted by molar-refractivity contribution is 0.500. The van der Waals surface area contributed by atoms with Gasteiger partial charge in [0.15, 0.2) is 0 Å². The van der Waals surface area contributed by atoms with E-state index in [9.17, 15) is 0 Å². The van der Waals surface area contributed by atoms with Gasteiger partial charge in [0, 0.05) is 17.1 Å². The van der Waals surface area contributed by atoms with Crippen LogP contribution in [0.2, 0.25) is 0 Å². The van der Waals surface area contributed by atoms with Crippen molar-refractivity contribution in [1.82, 2.24) is 9.36 Å². The van der Waals surface area contributed by atoms with E-state index in [2.05, 4.69) is 27.7 Å². The molecule has 2 rings (SSSR count). The summed E-state index contributed by atoms with van der Waals surface area (Å²) in [5.41, 5.74) is 1.17. The Morgan fingerprint density at radius 1 is 1.38 bits per heavy atom. The van der Waals surface area contributed by atoms with E-state index in [0.717, 1.165) is 22.5 Å². The summed E-state index contributed by atoms with van der Waals surface area (Å²) in [7, 11) is 0. The first-order valence-corrected chi connectivity index (χ1v) is 5.97. The lowest BCUT2D eigenvalue weighted by Crippen LogP contribution is -2.06. The number of nitrogens with zero attached hydrogens (tertiary/aromatic N) is 2. The van der Waals surface area contributed by atoms with E-state index in [0.29, 0.717) is 0 Å². The summed E-state index contributed by atoms with van der Waals surface area (Å²) >= 11 is 1.38. The Balaban J connectivity index is 2.14. The van der Waals surface area contributed by atoms with Crippen LogP contribution in [-0.4, -0.2) is 9.36 Å². The SMILES string of the molecule is Cc1nsc(NC(C)c2cc(C)oc2C)n1. The molecule has 2 aromatic heterocycles. The third kappa shape index (κ3) is 2.24. The molecule has 1 atom stereocenters. The zero-order chi connectivity index (χ0) is 11.7. The van der Waals surface area contributed by atoms with Gasteiger partial charge in [-0.1, -0.05) is 0 Å². The molecule has 0 saturated carbocycles. The monoisotopic (exact) mass is 237 g/mol. The van der Waals surface area contributed by atoms with Gasteiger partial charge in [-0.25, -0.2) is 4.98 Å². The Morgan fingerprint density at radius 3 is 2.62 bits per heavy atom. The van der Waals surface area contributed by atoms with E-state index in [1.165, 1.54) is 17.1 Å². The van der Waals surface area contributed by atoms with Crippen molar-refractivity contribution in [2.75, 3.05) is 5.32 Å². The maximum absolute atomic E-state index is 5.51. The Morgan fingerprint density at radius 2 is 2.12 bits per heavy atom. The molecule has 16 heavy (non-hydrogen) atoms. The topological polar surface area (TPSA) is 51.0 Å². The zero-order valence-corrected chi connectivity index (χ0v) is 10.7. The van der Waals surface area contributed by atoms with Crippen LogP contribution in [-0.2, 0) is 0 Å². The molecule has 0 fully saturated rings. The van der Waals surface area contributed by atoms with Crippen LogP contribution >= 0.6 is 11.5 Å². The third-order valence-corrected chi connectivity index (χ3v) is 3.15. The summed E-state index contributed by atoms with van der Waals surface area (Å²) in [5.74, 6) is 2.70. The Hall–Kier alpha value is -1.36. The van der Waals surface area contributed by atoms with Crippen LogP contribution in [0.3, 0.4) is 0 Å². The van der Waals surface area contributed by atoms with Gasteiger partial charge in [-0.15, -0.1) is 0 Å². The smallest absolute Gasteiger partial charge is 0.203 e. The van der Waals surface area contributed by atoms with Crippen LogP contribution in [0.15, 0.2) is 10.5 Å².